The lowest BCUT2D eigenvalue weighted by atomic mass is 10.1. The van der Waals surface area contributed by atoms with Crippen LogP contribution in [0, 0.1) is 0 Å². The standard InChI is InChI=1S/3C7H17N.3CH4/c3*1-5-6-8-7(2,3)4;;;/h3*8H,5-6H2,1-4H3;3*1H4. The van der Waals surface area contributed by atoms with E-state index >= 15 is 0 Å². The highest BCUT2D eigenvalue weighted by molar-refractivity contribution is 4.69. The van der Waals surface area contributed by atoms with Crippen molar-refractivity contribution in [3.8, 4) is 0 Å². The Bertz CT molecular complexity index is 199. The van der Waals surface area contributed by atoms with Gasteiger partial charge in [-0.05, 0) is 101 Å². The maximum atomic E-state index is 3.37. The van der Waals surface area contributed by atoms with Crippen LogP contribution in [0.25, 0.3) is 0 Å². The lowest BCUT2D eigenvalue weighted by molar-refractivity contribution is 0.426. The summed E-state index contributed by atoms with van der Waals surface area (Å²) in [5.41, 5.74) is 0.905. The summed E-state index contributed by atoms with van der Waals surface area (Å²) in [5.74, 6) is 0. The highest BCUT2D eigenvalue weighted by Gasteiger charge is 2.06. The van der Waals surface area contributed by atoms with Gasteiger partial charge in [0.25, 0.3) is 0 Å². The molecule has 0 spiro atoms. The van der Waals surface area contributed by atoms with Crippen molar-refractivity contribution in [1.82, 2.24) is 16.0 Å². The third kappa shape index (κ3) is 66.7. The predicted octanol–water partition coefficient (Wildman–Crippen LogP) is 7.26. The molecule has 3 heteroatoms. The highest BCUT2D eigenvalue weighted by Crippen LogP contribution is 1.98. The van der Waals surface area contributed by atoms with E-state index in [1.54, 1.807) is 0 Å². The van der Waals surface area contributed by atoms with Crippen LogP contribution in [0.3, 0.4) is 0 Å². The lowest BCUT2D eigenvalue weighted by Gasteiger charge is -2.19. The Morgan fingerprint density at radius 3 is 0.593 bits per heavy atom. The minimum absolute atomic E-state index is 0. The van der Waals surface area contributed by atoms with Crippen molar-refractivity contribution >= 4 is 0 Å². The maximum absolute atomic E-state index is 3.37. The van der Waals surface area contributed by atoms with Gasteiger partial charge in [0.1, 0.15) is 0 Å². The zero-order valence-corrected chi connectivity index (χ0v) is 19.2. The summed E-state index contributed by atoms with van der Waals surface area (Å²) in [6, 6.07) is 0. The molecule has 0 rings (SSSR count). The van der Waals surface area contributed by atoms with Gasteiger partial charge in [-0.3, -0.25) is 0 Å². The molecule has 0 amide bonds. The first kappa shape index (κ1) is 41.3. The van der Waals surface area contributed by atoms with E-state index in [9.17, 15) is 0 Å². The van der Waals surface area contributed by atoms with Crippen LogP contribution >= 0.6 is 0 Å². The molecule has 27 heavy (non-hydrogen) atoms. The van der Waals surface area contributed by atoms with Crippen molar-refractivity contribution < 1.29 is 0 Å². The third-order valence-electron chi connectivity index (χ3n) is 2.72. The van der Waals surface area contributed by atoms with Crippen molar-refractivity contribution in [2.24, 2.45) is 0 Å². The van der Waals surface area contributed by atoms with Crippen LogP contribution in [0.15, 0.2) is 0 Å². The molecule has 174 valence electrons. The number of hydrogen-bond donors (Lipinski definition) is 3. The van der Waals surface area contributed by atoms with Gasteiger partial charge >= 0.3 is 0 Å². The maximum Gasteiger partial charge on any atom is 0.00965 e. The molecule has 0 aromatic rings. The first-order valence-electron chi connectivity index (χ1n) is 9.93. The molecule has 0 bridgehead atoms. The Morgan fingerprint density at radius 2 is 0.556 bits per heavy atom. The lowest BCUT2D eigenvalue weighted by Crippen LogP contribution is -2.36. The largest absolute Gasteiger partial charge is 0.312 e. The van der Waals surface area contributed by atoms with E-state index in [-0.39, 0.29) is 22.3 Å². The Kier molecular flexibility index (Phi) is 33.9. The van der Waals surface area contributed by atoms with Gasteiger partial charge in [-0.25, -0.2) is 0 Å². The summed E-state index contributed by atoms with van der Waals surface area (Å²) in [6.45, 7) is 29.6. The quantitative estimate of drug-likeness (QED) is 0.444. The van der Waals surface area contributed by atoms with Crippen LogP contribution in [0.5, 0.6) is 0 Å². The number of rotatable bonds is 6. The van der Waals surface area contributed by atoms with E-state index < -0.39 is 0 Å². The molecule has 0 fully saturated rings. The minimum Gasteiger partial charge on any atom is -0.312 e. The van der Waals surface area contributed by atoms with Gasteiger partial charge in [-0.1, -0.05) is 43.1 Å². The summed E-state index contributed by atoms with van der Waals surface area (Å²) >= 11 is 0. The van der Waals surface area contributed by atoms with Gasteiger partial charge < -0.3 is 16.0 Å². The second-order valence-electron chi connectivity index (χ2n) is 9.53. The summed E-state index contributed by atoms with van der Waals surface area (Å²) < 4.78 is 0. The van der Waals surface area contributed by atoms with Crippen LogP contribution in [-0.4, -0.2) is 36.3 Å². The van der Waals surface area contributed by atoms with Gasteiger partial charge in [0.2, 0.25) is 0 Å². The van der Waals surface area contributed by atoms with E-state index in [4.69, 9.17) is 0 Å². The van der Waals surface area contributed by atoms with Crippen molar-refractivity contribution in [1.29, 1.82) is 0 Å². The van der Waals surface area contributed by atoms with Crippen molar-refractivity contribution in [3.05, 3.63) is 0 Å². The van der Waals surface area contributed by atoms with E-state index in [0.29, 0.717) is 16.6 Å². The van der Waals surface area contributed by atoms with Gasteiger partial charge in [-0.15, -0.1) is 0 Å². The molecule has 3 nitrogen and oxygen atoms in total. The Labute approximate surface area is 177 Å². The first-order valence-corrected chi connectivity index (χ1v) is 9.93. The molecular formula is C24H63N3. The Morgan fingerprint density at radius 1 is 0.407 bits per heavy atom. The van der Waals surface area contributed by atoms with Crippen molar-refractivity contribution in [2.45, 2.75) is 141 Å². The molecule has 0 aliphatic carbocycles. The molecule has 0 aliphatic heterocycles. The summed E-state index contributed by atoms with van der Waals surface area (Å²) in [6.07, 6.45) is 3.66. The molecule has 0 saturated carbocycles. The van der Waals surface area contributed by atoms with Crippen LogP contribution < -0.4 is 16.0 Å². The smallest absolute Gasteiger partial charge is 0.00965 e. The number of hydrogen-bond acceptors (Lipinski definition) is 3. The zero-order valence-electron chi connectivity index (χ0n) is 19.2. The van der Waals surface area contributed by atoms with Gasteiger partial charge in [0.15, 0.2) is 0 Å². The second kappa shape index (κ2) is 22.2. The fraction of sp³-hybridized carbons (Fsp3) is 1.00. The molecule has 0 aromatic heterocycles. The topological polar surface area (TPSA) is 36.1 Å². The molecule has 0 aromatic carbocycles. The van der Waals surface area contributed by atoms with E-state index in [0.717, 1.165) is 19.6 Å². The molecule has 0 heterocycles. The van der Waals surface area contributed by atoms with E-state index in [1.165, 1.54) is 19.3 Å². The Balaban J connectivity index is -0.0000000580. The number of nitrogens with one attached hydrogen (secondary N) is 3. The summed E-state index contributed by atoms with van der Waals surface area (Å²) in [5, 5.41) is 10.1. The molecule has 0 radical (unpaired) electrons. The van der Waals surface area contributed by atoms with E-state index in [2.05, 4.69) is 99.0 Å². The highest BCUT2D eigenvalue weighted by atomic mass is 14.9. The minimum atomic E-state index is 0. The first-order chi connectivity index (χ1) is 10.7. The zero-order chi connectivity index (χ0) is 19.9. The van der Waals surface area contributed by atoms with Crippen LogP contribution in [-0.2, 0) is 0 Å². The Hall–Kier alpha value is -0.120. The second-order valence-corrected chi connectivity index (χ2v) is 9.53. The average molecular weight is 394 g/mol. The summed E-state index contributed by atoms with van der Waals surface area (Å²) in [4.78, 5) is 0. The van der Waals surface area contributed by atoms with Gasteiger partial charge in [0, 0.05) is 16.6 Å². The predicted molar refractivity (Wildman–Crippen MR) is 134 cm³/mol. The summed E-state index contributed by atoms with van der Waals surface area (Å²) in [7, 11) is 0. The van der Waals surface area contributed by atoms with Crippen LogP contribution in [0.2, 0.25) is 0 Å². The SMILES string of the molecule is C.C.C.CCCNC(C)(C)C.CCCNC(C)(C)C.CCCNC(C)(C)C. The normalized spacial score (nSPS) is 10.7. The third-order valence-corrected chi connectivity index (χ3v) is 2.72. The fourth-order valence-electron chi connectivity index (χ4n) is 1.50. The molecule has 0 unspecified atom stereocenters. The van der Waals surface area contributed by atoms with Crippen molar-refractivity contribution in [2.75, 3.05) is 19.6 Å². The van der Waals surface area contributed by atoms with Crippen molar-refractivity contribution in [3.63, 3.8) is 0 Å². The van der Waals surface area contributed by atoms with E-state index in [1.807, 2.05) is 0 Å². The van der Waals surface area contributed by atoms with Crippen LogP contribution in [0.4, 0.5) is 0 Å². The molecule has 3 N–H and O–H groups in total. The fourth-order valence-corrected chi connectivity index (χ4v) is 1.50. The molecule has 0 saturated heterocycles. The van der Waals surface area contributed by atoms with Gasteiger partial charge in [0.05, 0.1) is 0 Å². The molecule has 0 atom stereocenters. The van der Waals surface area contributed by atoms with Gasteiger partial charge in [-0.2, -0.15) is 0 Å². The van der Waals surface area contributed by atoms with Crippen LogP contribution in [0.1, 0.15) is 125 Å². The molecule has 0 aliphatic rings. The average Bonchev–Trinajstić information content (AvgIpc) is 2.39. The molecular weight excluding hydrogens is 330 g/mol. The monoisotopic (exact) mass is 394 g/mol.